The van der Waals surface area contributed by atoms with Crippen LogP contribution < -0.4 is 10.6 Å². The van der Waals surface area contributed by atoms with E-state index >= 15 is 0 Å². The number of hydrogen-bond acceptors (Lipinski definition) is 7. The van der Waals surface area contributed by atoms with Gasteiger partial charge in [0.05, 0.1) is 40.5 Å². The largest absolute Gasteiger partial charge is 0.391 e. The second-order valence-corrected chi connectivity index (χ2v) is 8.96. The Labute approximate surface area is 185 Å². The molecule has 2 aromatic carbocycles. The highest BCUT2D eigenvalue weighted by molar-refractivity contribution is 7.22. The Balaban J connectivity index is 1.27. The second-order valence-electron chi connectivity index (χ2n) is 7.93. The van der Waals surface area contributed by atoms with E-state index < -0.39 is 0 Å². The SMILES string of the molecule is O[C@@H]1CCCC[C@H]1Nc1nc2ccc(CNc3cncc(-c4ccccc4)n3)cc2s1. The van der Waals surface area contributed by atoms with E-state index in [1.807, 2.05) is 30.3 Å². The number of anilines is 2. The van der Waals surface area contributed by atoms with Crippen LogP contribution in [-0.4, -0.2) is 32.2 Å². The van der Waals surface area contributed by atoms with Crippen molar-refractivity contribution in [2.24, 2.45) is 0 Å². The van der Waals surface area contributed by atoms with Gasteiger partial charge in [-0.05, 0) is 30.5 Å². The topological polar surface area (TPSA) is 83.0 Å². The molecular weight excluding hydrogens is 406 g/mol. The Hall–Kier alpha value is -3.03. The van der Waals surface area contributed by atoms with Crippen molar-refractivity contribution in [1.82, 2.24) is 15.0 Å². The molecule has 2 heterocycles. The molecule has 6 nitrogen and oxygen atoms in total. The van der Waals surface area contributed by atoms with Crippen LogP contribution in [0.2, 0.25) is 0 Å². The van der Waals surface area contributed by atoms with Crippen molar-refractivity contribution in [2.45, 2.75) is 44.4 Å². The van der Waals surface area contributed by atoms with Gasteiger partial charge in [-0.2, -0.15) is 0 Å². The molecule has 2 aromatic heterocycles. The molecule has 0 saturated heterocycles. The first-order valence-corrected chi connectivity index (χ1v) is 11.5. The van der Waals surface area contributed by atoms with Gasteiger partial charge in [0.2, 0.25) is 0 Å². The van der Waals surface area contributed by atoms with E-state index in [9.17, 15) is 5.11 Å². The van der Waals surface area contributed by atoms with Crippen molar-refractivity contribution in [3.63, 3.8) is 0 Å². The van der Waals surface area contributed by atoms with Crippen LogP contribution in [-0.2, 0) is 6.54 Å². The van der Waals surface area contributed by atoms with Crippen molar-refractivity contribution in [3.8, 4) is 11.3 Å². The summed E-state index contributed by atoms with van der Waals surface area (Å²) in [5.41, 5.74) is 4.04. The first-order valence-electron chi connectivity index (χ1n) is 10.7. The average Bonchev–Trinajstić information content (AvgIpc) is 3.22. The number of fused-ring (bicyclic) bond motifs is 1. The van der Waals surface area contributed by atoms with E-state index in [0.29, 0.717) is 6.54 Å². The van der Waals surface area contributed by atoms with Crippen LogP contribution in [0, 0.1) is 0 Å². The van der Waals surface area contributed by atoms with Crippen molar-refractivity contribution in [3.05, 3.63) is 66.5 Å². The van der Waals surface area contributed by atoms with Crippen LogP contribution in [0.5, 0.6) is 0 Å². The predicted molar refractivity (Wildman–Crippen MR) is 126 cm³/mol. The molecule has 1 aliphatic carbocycles. The number of nitrogens with one attached hydrogen (secondary N) is 2. The summed E-state index contributed by atoms with van der Waals surface area (Å²) in [5.74, 6) is 0.749. The number of aliphatic hydroxyl groups is 1. The minimum atomic E-state index is -0.284. The molecule has 4 aromatic rings. The quantitative estimate of drug-likeness (QED) is 0.395. The van der Waals surface area contributed by atoms with Gasteiger partial charge in [0.15, 0.2) is 5.13 Å². The maximum absolute atomic E-state index is 10.2. The van der Waals surface area contributed by atoms with E-state index in [1.54, 1.807) is 23.7 Å². The number of aliphatic hydroxyl groups excluding tert-OH is 1. The molecule has 31 heavy (non-hydrogen) atoms. The van der Waals surface area contributed by atoms with Gasteiger partial charge in [-0.3, -0.25) is 4.98 Å². The summed E-state index contributed by atoms with van der Waals surface area (Å²) in [6, 6.07) is 16.5. The maximum Gasteiger partial charge on any atom is 0.184 e. The maximum atomic E-state index is 10.2. The summed E-state index contributed by atoms with van der Waals surface area (Å²) in [6.45, 7) is 0.658. The van der Waals surface area contributed by atoms with E-state index in [-0.39, 0.29) is 12.1 Å². The normalized spacial score (nSPS) is 18.7. The van der Waals surface area contributed by atoms with Gasteiger partial charge in [-0.25, -0.2) is 9.97 Å². The molecule has 3 N–H and O–H groups in total. The first kappa shape index (κ1) is 19.9. The fourth-order valence-corrected chi connectivity index (χ4v) is 4.96. The van der Waals surface area contributed by atoms with E-state index in [0.717, 1.165) is 63.7 Å². The van der Waals surface area contributed by atoms with E-state index in [2.05, 4.69) is 38.8 Å². The van der Waals surface area contributed by atoms with Gasteiger partial charge < -0.3 is 15.7 Å². The summed E-state index contributed by atoms with van der Waals surface area (Å²) >= 11 is 1.64. The number of nitrogens with zero attached hydrogens (tertiary/aromatic N) is 3. The van der Waals surface area contributed by atoms with Gasteiger partial charge in [-0.15, -0.1) is 0 Å². The minimum absolute atomic E-state index is 0.103. The molecule has 1 fully saturated rings. The smallest absolute Gasteiger partial charge is 0.184 e. The van der Waals surface area contributed by atoms with Gasteiger partial charge in [-0.1, -0.05) is 60.6 Å². The van der Waals surface area contributed by atoms with Crippen LogP contribution in [0.1, 0.15) is 31.2 Å². The van der Waals surface area contributed by atoms with Crippen LogP contribution in [0.15, 0.2) is 60.9 Å². The summed E-state index contributed by atoms with van der Waals surface area (Å²) < 4.78 is 1.14. The molecule has 7 heteroatoms. The summed E-state index contributed by atoms with van der Waals surface area (Å²) in [5, 5.41) is 17.9. The van der Waals surface area contributed by atoms with Crippen LogP contribution in [0.3, 0.4) is 0 Å². The molecule has 158 valence electrons. The third kappa shape index (κ3) is 4.68. The van der Waals surface area contributed by atoms with Crippen molar-refractivity contribution in [1.29, 1.82) is 0 Å². The zero-order chi connectivity index (χ0) is 21.0. The number of rotatable bonds is 6. The Morgan fingerprint density at radius 3 is 2.74 bits per heavy atom. The van der Waals surface area contributed by atoms with E-state index in [4.69, 9.17) is 4.98 Å². The van der Waals surface area contributed by atoms with Crippen molar-refractivity contribution in [2.75, 3.05) is 10.6 Å². The van der Waals surface area contributed by atoms with Crippen molar-refractivity contribution < 1.29 is 5.11 Å². The molecule has 0 amide bonds. The van der Waals surface area contributed by atoms with E-state index in [1.165, 1.54) is 0 Å². The average molecular weight is 432 g/mol. The Bertz CT molecular complexity index is 1160. The molecule has 1 aliphatic rings. The highest BCUT2D eigenvalue weighted by Crippen LogP contribution is 2.30. The molecule has 0 spiro atoms. The zero-order valence-corrected chi connectivity index (χ0v) is 18.0. The Morgan fingerprint density at radius 2 is 1.87 bits per heavy atom. The zero-order valence-electron chi connectivity index (χ0n) is 17.2. The monoisotopic (exact) mass is 431 g/mol. The Morgan fingerprint density at radius 1 is 1.00 bits per heavy atom. The first-order chi connectivity index (χ1) is 15.2. The van der Waals surface area contributed by atoms with Gasteiger partial charge >= 0.3 is 0 Å². The summed E-state index contributed by atoms with van der Waals surface area (Å²) in [4.78, 5) is 13.7. The lowest BCUT2D eigenvalue weighted by Gasteiger charge is -2.27. The number of thiazole rings is 1. The lowest BCUT2D eigenvalue weighted by Crippen LogP contribution is -2.36. The molecule has 0 unspecified atom stereocenters. The fraction of sp³-hybridized carbons (Fsp3) is 0.292. The fourth-order valence-electron chi connectivity index (χ4n) is 3.97. The summed E-state index contributed by atoms with van der Waals surface area (Å²) in [7, 11) is 0. The Kier molecular flexibility index (Phi) is 5.78. The number of hydrogen-bond donors (Lipinski definition) is 3. The molecule has 1 saturated carbocycles. The molecule has 0 aliphatic heterocycles. The lowest BCUT2D eigenvalue weighted by molar-refractivity contribution is 0.116. The molecule has 0 radical (unpaired) electrons. The molecule has 0 bridgehead atoms. The minimum Gasteiger partial charge on any atom is -0.391 e. The standard InChI is InChI=1S/C24H25N5OS/c30-21-9-5-4-8-18(21)28-24-29-19-11-10-16(12-22(19)31-24)13-26-23-15-25-14-20(27-23)17-6-2-1-3-7-17/h1-3,6-7,10-12,14-15,18,21,30H,4-5,8-9,13H2,(H,26,27)(H,28,29)/t18-,21-/m1/s1. The molecule has 2 atom stereocenters. The number of aromatic nitrogens is 3. The third-order valence-corrected chi connectivity index (χ3v) is 6.62. The van der Waals surface area contributed by atoms with Gasteiger partial charge in [0.1, 0.15) is 5.82 Å². The predicted octanol–water partition coefficient (Wildman–Crippen LogP) is 5.08. The third-order valence-electron chi connectivity index (χ3n) is 5.67. The highest BCUT2D eigenvalue weighted by Gasteiger charge is 2.23. The van der Waals surface area contributed by atoms with Crippen LogP contribution in [0.25, 0.3) is 21.5 Å². The van der Waals surface area contributed by atoms with Crippen molar-refractivity contribution >= 4 is 32.5 Å². The lowest BCUT2D eigenvalue weighted by atomic mass is 9.93. The van der Waals surface area contributed by atoms with Crippen LogP contribution >= 0.6 is 11.3 Å². The van der Waals surface area contributed by atoms with Gasteiger partial charge in [0.25, 0.3) is 0 Å². The number of benzene rings is 2. The van der Waals surface area contributed by atoms with Crippen LogP contribution in [0.4, 0.5) is 10.9 Å². The highest BCUT2D eigenvalue weighted by atomic mass is 32.1. The summed E-state index contributed by atoms with van der Waals surface area (Å²) in [6.07, 6.45) is 7.37. The molecule has 5 rings (SSSR count). The second kappa shape index (κ2) is 8.99. The molecular formula is C24H25N5OS. The van der Waals surface area contributed by atoms with Gasteiger partial charge in [0, 0.05) is 12.1 Å².